The molecular weight excluding hydrogens is 366 g/mol. The minimum Gasteiger partial charge on any atom is -0.254 e. The topological polar surface area (TPSA) is 72.0 Å². The summed E-state index contributed by atoms with van der Waals surface area (Å²) in [6.07, 6.45) is 2.34. The lowest BCUT2D eigenvalue weighted by molar-refractivity contribution is 0.581. The lowest BCUT2D eigenvalue weighted by Crippen LogP contribution is -2.26. The lowest BCUT2D eigenvalue weighted by atomic mass is 10.1. The summed E-state index contributed by atoms with van der Waals surface area (Å²) < 4.78 is 27.6. The lowest BCUT2D eigenvalue weighted by Gasteiger charge is -2.08. The van der Waals surface area contributed by atoms with E-state index in [1.54, 1.807) is 29.7 Å². The summed E-state index contributed by atoms with van der Waals surface area (Å²) in [6.45, 7) is 6.15. The van der Waals surface area contributed by atoms with E-state index in [0.29, 0.717) is 17.9 Å². The van der Waals surface area contributed by atoms with Gasteiger partial charge < -0.3 is 0 Å². The average Bonchev–Trinajstić information content (AvgIpc) is 2.99. The maximum atomic E-state index is 12.5. The number of benzene rings is 1. The third-order valence-corrected chi connectivity index (χ3v) is 6.91. The van der Waals surface area contributed by atoms with Crippen molar-refractivity contribution < 1.29 is 8.42 Å². The van der Waals surface area contributed by atoms with Gasteiger partial charge >= 0.3 is 0 Å². The van der Waals surface area contributed by atoms with E-state index in [4.69, 9.17) is 0 Å². The molecule has 2 aromatic heterocycles. The van der Waals surface area contributed by atoms with Gasteiger partial charge in [-0.1, -0.05) is 12.1 Å². The van der Waals surface area contributed by atoms with Gasteiger partial charge in [0.25, 0.3) is 0 Å². The number of sulfonamides is 1. The van der Waals surface area contributed by atoms with Gasteiger partial charge in [0.05, 0.1) is 16.3 Å². The molecule has 0 saturated heterocycles. The van der Waals surface area contributed by atoms with Crippen LogP contribution in [0.25, 0.3) is 10.7 Å². The number of nitrogens with one attached hydrogen (secondary N) is 1. The van der Waals surface area contributed by atoms with Gasteiger partial charge in [-0.05, 0) is 62.6 Å². The first-order valence-electron chi connectivity index (χ1n) is 8.31. The Balaban J connectivity index is 1.68. The number of aromatic nitrogens is 2. The van der Waals surface area contributed by atoms with Gasteiger partial charge in [-0.15, -0.1) is 11.3 Å². The maximum absolute atomic E-state index is 12.5. The fraction of sp³-hybridized carbons (Fsp3) is 0.263. The molecule has 26 heavy (non-hydrogen) atoms. The van der Waals surface area contributed by atoms with Gasteiger partial charge in [-0.2, -0.15) is 0 Å². The highest BCUT2D eigenvalue weighted by Crippen LogP contribution is 2.26. The number of aryl methyl sites for hydroxylation is 3. The molecule has 0 aliphatic carbocycles. The van der Waals surface area contributed by atoms with Crippen LogP contribution in [-0.4, -0.2) is 24.9 Å². The molecule has 0 spiro atoms. The summed E-state index contributed by atoms with van der Waals surface area (Å²) in [7, 11) is -3.51. The largest absolute Gasteiger partial charge is 0.254 e. The van der Waals surface area contributed by atoms with Crippen LogP contribution in [0.3, 0.4) is 0 Å². The molecule has 0 amide bonds. The smallest absolute Gasteiger partial charge is 0.240 e. The van der Waals surface area contributed by atoms with Gasteiger partial charge in [0, 0.05) is 17.6 Å². The van der Waals surface area contributed by atoms with Crippen molar-refractivity contribution in [3.63, 3.8) is 0 Å². The van der Waals surface area contributed by atoms with Crippen molar-refractivity contribution in [2.45, 2.75) is 32.1 Å². The molecule has 0 bridgehead atoms. The zero-order valence-electron chi connectivity index (χ0n) is 15.0. The van der Waals surface area contributed by atoms with Crippen LogP contribution in [0.1, 0.15) is 21.7 Å². The first-order chi connectivity index (χ1) is 12.4. The normalized spacial score (nSPS) is 11.7. The third kappa shape index (κ3) is 4.17. The van der Waals surface area contributed by atoms with Crippen LogP contribution in [0, 0.1) is 20.8 Å². The minimum absolute atomic E-state index is 0.302. The molecule has 2 heterocycles. The van der Waals surface area contributed by atoms with Gasteiger partial charge in [-0.25, -0.2) is 18.1 Å². The number of hydrogen-bond acceptors (Lipinski definition) is 5. The first kappa shape index (κ1) is 18.7. The highest BCUT2D eigenvalue weighted by molar-refractivity contribution is 7.89. The Morgan fingerprint density at radius 2 is 1.88 bits per heavy atom. The monoisotopic (exact) mass is 387 g/mol. The Morgan fingerprint density at radius 1 is 1.08 bits per heavy atom. The van der Waals surface area contributed by atoms with Crippen LogP contribution in [0.4, 0.5) is 0 Å². The van der Waals surface area contributed by atoms with E-state index >= 15 is 0 Å². The summed E-state index contributed by atoms with van der Waals surface area (Å²) >= 11 is 1.55. The molecule has 3 aromatic rings. The summed E-state index contributed by atoms with van der Waals surface area (Å²) in [4.78, 5) is 10.2. The van der Waals surface area contributed by atoms with E-state index in [1.807, 2.05) is 45.0 Å². The fourth-order valence-corrected chi connectivity index (χ4v) is 4.68. The Kier molecular flexibility index (Phi) is 5.50. The quantitative estimate of drug-likeness (QED) is 0.701. The molecule has 0 aliphatic rings. The number of nitrogens with zero attached hydrogens (tertiary/aromatic N) is 2. The predicted octanol–water partition coefficient (Wildman–Crippen LogP) is 3.65. The van der Waals surface area contributed by atoms with E-state index in [9.17, 15) is 8.42 Å². The zero-order chi connectivity index (χ0) is 18.7. The van der Waals surface area contributed by atoms with Gasteiger partial charge in [0.1, 0.15) is 5.01 Å². The maximum Gasteiger partial charge on any atom is 0.240 e. The van der Waals surface area contributed by atoms with Crippen molar-refractivity contribution in [1.29, 1.82) is 0 Å². The molecule has 136 valence electrons. The van der Waals surface area contributed by atoms with Crippen LogP contribution in [-0.2, 0) is 16.4 Å². The fourth-order valence-electron chi connectivity index (χ4n) is 2.52. The van der Waals surface area contributed by atoms with Crippen LogP contribution in [0.5, 0.6) is 0 Å². The van der Waals surface area contributed by atoms with E-state index in [0.717, 1.165) is 32.4 Å². The molecule has 0 fully saturated rings. The molecule has 0 unspecified atom stereocenters. The molecule has 5 nitrogen and oxygen atoms in total. The first-order valence-corrected chi connectivity index (χ1v) is 10.6. The van der Waals surface area contributed by atoms with Gasteiger partial charge in [0.2, 0.25) is 10.0 Å². The van der Waals surface area contributed by atoms with Crippen LogP contribution < -0.4 is 4.72 Å². The number of rotatable bonds is 6. The molecule has 0 radical (unpaired) electrons. The molecule has 1 aromatic carbocycles. The molecular formula is C19H21N3O2S2. The molecule has 0 saturated carbocycles. The van der Waals surface area contributed by atoms with Gasteiger partial charge in [-0.3, -0.25) is 4.98 Å². The standard InChI is InChI=1S/C19H21N3O2S2/c1-13-7-8-16(12-14(13)2)26(23,24)21-11-9-18-15(3)22-19(25-18)17-6-4-5-10-20-17/h4-8,10,12,21H,9,11H2,1-3H3. The molecule has 1 N–H and O–H groups in total. The Bertz CT molecular complexity index is 1010. The second-order valence-corrected chi connectivity index (χ2v) is 8.99. The molecule has 0 aliphatic heterocycles. The summed E-state index contributed by atoms with van der Waals surface area (Å²) in [5.41, 5.74) is 3.79. The van der Waals surface area contributed by atoms with Crippen LogP contribution in [0.15, 0.2) is 47.5 Å². The SMILES string of the molecule is Cc1ccc(S(=O)(=O)NCCc2sc(-c3ccccn3)nc2C)cc1C. The Morgan fingerprint density at radius 3 is 2.58 bits per heavy atom. The molecule has 0 atom stereocenters. The second-order valence-electron chi connectivity index (χ2n) is 6.14. The molecule has 3 rings (SSSR count). The summed E-state index contributed by atoms with van der Waals surface area (Å²) in [5.74, 6) is 0. The van der Waals surface area contributed by atoms with Crippen molar-refractivity contribution in [3.8, 4) is 10.7 Å². The number of pyridine rings is 1. The predicted molar refractivity (Wildman–Crippen MR) is 105 cm³/mol. The third-order valence-electron chi connectivity index (χ3n) is 4.21. The summed E-state index contributed by atoms with van der Waals surface area (Å²) in [6, 6.07) is 10.9. The second kappa shape index (κ2) is 7.65. The van der Waals surface area contributed by atoms with E-state index in [-0.39, 0.29) is 0 Å². The van der Waals surface area contributed by atoms with E-state index in [2.05, 4.69) is 14.7 Å². The van der Waals surface area contributed by atoms with Gasteiger partial charge in [0.15, 0.2) is 0 Å². The van der Waals surface area contributed by atoms with Crippen molar-refractivity contribution in [2.75, 3.05) is 6.54 Å². The zero-order valence-corrected chi connectivity index (χ0v) is 16.6. The van der Waals surface area contributed by atoms with Crippen molar-refractivity contribution in [1.82, 2.24) is 14.7 Å². The van der Waals surface area contributed by atoms with Crippen molar-refractivity contribution in [2.24, 2.45) is 0 Å². The van der Waals surface area contributed by atoms with Crippen molar-refractivity contribution in [3.05, 3.63) is 64.3 Å². The number of thiazole rings is 1. The van der Waals surface area contributed by atoms with Crippen LogP contribution in [0.2, 0.25) is 0 Å². The highest BCUT2D eigenvalue weighted by Gasteiger charge is 2.15. The molecule has 7 heteroatoms. The minimum atomic E-state index is -3.51. The van der Waals surface area contributed by atoms with Crippen molar-refractivity contribution >= 4 is 21.4 Å². The van der Waals surface area contributed by atoms with Crippen LogP contribution >= 0.6 is 11.3 Å². The highest BCUT2D eigenvalue weighted by atomic mass is 32.2. The number of hydrogen-bond donors (Lipinski definition) is 1. The summed E-state index contributed by atoms with van der Waals surface area (Å²) in [5, 5.41) is 0.857. The Hall–Kier alpha value is -2.09. The van der Waals surface area contributed by atoms with E-state index < -0.39 is 10.0 Å². The average molecular weight is 388 g/mol. The Labute approximate surface area is 158 Å². The van der Waals surface area contributed by atoms with E-state index in [1.165, 1.54) is 0 Å².